The number of hydrogen-bond donors (Lipinski definition) is 0. The van der Waals surface area contributed by atoms with E-state index in [1.54, 1.807) is 17.4 Å². The van der Waals surface area contributed by atoms with Gasteiger partial charge in [0.1, 0.15) is 11.6 Å². The molecule has 2 aromatic carbocycles. The van der Waals surface area contributed by atoms with E-state index >= 15 is 0 Å². The van der Waals surface area contributed by atoms with Crippen molar-refractivity contribution in [2.24, 2.45) is 0 Å². The molecule has 0 unspecified atom stereocenters. The van der Waals surface area contributed by atoms with Crippen LogP contribution in [0.25, 0.3) is 10.2 Å². The number of esters is 1. The van der Waals surface area contributed by atoms with Gasteiger partial charge in [-0.1, -0.05) is 18.2 Å². The molecule has 3 aromatic rings. The molecule has 0 saturated carbocycles. The molecule has 0 spiro atoms. The second-order valence-corrected chi connectivity index (χ2v) is 6.21. The first-order chi connectivity index (χ1) is 10.6. The third-order valence-electron chi connectivity index (χ3n) is 3.26. The molecule has 112 valence electrons. The van der Waals surface area contributed by atoms with E-state index in [1.807, 2.05) is 61.5 Å². The van der Waals surface area contributed by atoms with Crippen molar-refractivity contribution < 1.29 is 9.53 Å². The maximum atomic E-state index is 12.1. The van der Waals surface area contributed by atoms with Crippen molar-refractivity contribution in [1.29, 1.82) is 0 Å². The van der Waals surface area contributed by atoms with Gasteiger partial charge in [-0.15, -0.1) is 11.3 Å². The van der Waals surface area contributed by atoms with Gasteiger partial charge in [0, 0.05) is 19.8 Å². The number of carbonyl (C=O) groups excluding carboxylic acids is 1. The van der Waals surface area contributed by atoms with Gasteiger partial charge in [-0.25, -0.2) is 9.78 Å². The van der Waals surface area contributed by atoms with E-state index in [0.717, 1.165) is 20.9 Å². The Hall–Kier alpha value is -2.40. The lowest BCUT2D eigenvalue weighted by atomic mass is 10.2. The molecule has 0 amide bonds. The number of thiazole rings is 1. The molecule has 0 bridgehead atoms. The van der Waals surface area contributed by atoms with E-state index in [-0.39, 0.29) is 12.6 Å². The van der Waals surface area contributed by atoms with Crippen molar-refractivity contribution in [1.82, 2.24) is 4.98 Å². The Morgan fingerprint density at radius 3 is 2.77 bits per heavy atom. The summed E-state index contributed by atoms with van der Waals surface area (Å²) in [6, 6.07) is 15.3. The minimum atomic E-state index is -0.331. The van der Waals surface area contributed by atoms with Gasteiger partial charge in [0.05, 0.1) is 15.8 Å². The molecule has 5 heteroatoms. The van der Waals surface area contributed by atoms with E-state index in [2.05, 4.69) is 4.98 Å². The number of hydrogen-bond acceptors (Lipinski definition) is 5. The highest BCUT2D eigenvalue weighted by molar-refractivity contribution is 7.18. The predicted octanol–water partition coefficient (Wildman–Crippen LogP) is 3.72. The molecule has 0 radical (unpaired) electrons. The molecule has 1 aromatic heterocycles. The molecule has 1 heterocycles. The van der Waals surface area contributed by atoms with Gasteiger partial charge < -0.3 is 9.64 Å². The topological polar surface area (TPSA) is 42.4 Å². The van der Waals surface area contributed by atoms with Crippen LogP contribution in [0.2, 0.25) is 0 Å². The van der Waals surface area contributed by atoms with Crippen LogP contribution in [0.3, 0.4) is 0 Å². The highest BCUT2D eigenvalue weighted by Crippen LogP contribution is 2.22. The Labute approximate surface area is 133 Å². The Morgan fingerprint density at radius 2 is 2.00 bits per heavy atom. The predicted molar refractivity (Wildman–Crippen MR) is 89.5 cm³/mol. The molecule has 4 nitrogen and oxygen atoms in total. The zero-order valence-electron chi connectivity index (χ0n) is 12.4. The highest BCUT2D eigenvalue weighted by Gasteiger charge is 2.10. The first-order valence-corrected chi connectivity index (χ1v) is 7.74. The third-order valence-corrected chi connectivity index (χ3v) is 4.27. The fourth-order valence-corrected chi connectivity index (χ4v) is 2.98. The average Bonchev–Trinajstić information content (AvgIpc) is 2.95. The van der Waals surface area contributed by atoms with Crippen LogP contribution in [0.5, 0.6) is 0 Å². The Bertz CT molecular complexity index is 778. The van der Waals surface area contributed by atoms with E-state index in [0.29, 0.717) is 5.56 Å². The van der Waals surface area contributed by atoms with Crippen LogP contribution in [0.1, 0.15) is 15.4 Å². The summed E-state index contributed by atoms with van der Waals surface area (Å²) in [5, 5.41) is 0.804. The van der Waals surface area contributed by atoms with Gasteiger partial charge in [-0.2, -0.15) is 0 Å². The summed E-state index contributed by atoms with van der Waals surface area (Å²) < 4.78 is 6.47. The quantitative estimate of drug-likeness (QED) is 0.689. The second-order valence-electron chi connectivity index (χ2n) is 5.10. The Balaban J connectivity index is 1.70. The van der Waals surface area contributed by atoms with E-state index in [4.69, 9.17) is 4.74 Å². The number of nitrogens with zero attached hydrogens (tertiary/aromatic N) is 2. The number of anilines is 1. The Kier molecular flexibility index (Phi) is 4.06. The van der Waals surface area contributed by atoms with Gasteiger partial charge >= 0.3 is 5.97 Å². The molecular weight excluding hydrogens is 296 g/mol. The van der Waals surface area contributed by atoms with Gasteiger partial charge in [-0.05, 0) is 30.3 Å². The molecule has 0 fully saturated rings. The Morgan fingerprint density at radius 1 is 1.18 bits per heavy atom. The number of ether oxygens (including phenoxy) is 1. The normalized spacial score (nSPS) is 10.6. The monoisotopic (exact) mass is 312 g/mol. The fraction of sp³-hybridized carbons (Fsp3) is 0.176. The summed E-state index contributed by atoms with van der Waals surface area (Å²) in [6.07, 6.45) is 0. The average molecular weight is 312 g/mol. The van der Waals surface area contributed by atoms with Crippen LogP contribution < -0.4 is 4.90 Å². The van der Waals surface area contributed by atoms with Gasteiger partial charge in [0.15, 0.2) is 0 Å². The summed E-state index contributed by atoms with van der Waals surface area (Å²) in [7, 11) is 3.87. The van der Waals surface area contributed by atoms with Crippen molar-refractivity contribution in [3.05, 3.63) is 59.1 Å². The van der Waals surface area contributed by atoms with Crippen LogP contribution in [-0.2, 0) is 11.3 Å². The number of rotatable bonds is 4. The number of aromatic nitrogens is 1. The first kappa shape index (κ1) is 14.5. The first-order valence-electron chi connectivity index (χ1n) is 6.92. The van der Waals surface area contributed by atoms with E-state index < -0.39 is 0 Å². The second kappa shape index (κ2) is 6.15. The molecule has 22 heavy (non-hydrogen) atoms. The van der Waals surface area contributed by atoms with Crippen LogP contribution in [0.4, 0.5) is 5.69 Å². The van der Waals surface area contributed by atoms with Crippen molar-refractivity contribution in [3.8, 4) is 0 Å². The fourth-order valence-electron chi connectivity index (χ4n) is 2.10. The van der Waals surface area contributed by atoms with Crippen molar-refractivity contribution in [2.45, 2.75) is 6.61 Å². The maximum Gasteiger partial charge on any atom is 0.338 e. The summed E-state index contributed by atoms with van der Waals surface area (Å²) in [4.78, 5) is 18.6. The van der Waals surface area contributed by atoms with Crippen LogP contribution in [0.15, 0.2) is 48.5 Å². The summed E-state index contributed by atoms with van der Waals surface area (Å²) in [5.74, 6) is -0.331. The minimum absolute atomic E-state index is 0.199. The standard InChI is InChI=1S/C17H16N2O2S/c1-19(2)13-7-5-6-12(10-13)17(20)21-11-16-18-14-8-3-4-9-15(14)22-16/h3-10H,11H2,1-2H3. The molecule has 3 rings (SSSR count). The van der Waals surface area contributed by atoms with E-state index in [9.17, 15) is 4.79 Å². The third kappa shape index (κ3) is 3.09. The molecule has 0 aliphatic rings. The maximum absolute atomic E-state index is 12.1. The molecule has 0 N–H and O–H groups in total. The molecular formula is C17H16N2O2S. The van der Waals surface area contributed by atoms with Gasteiger partial charge in [0.25, 0.3) is 0 Å². The summed E-state index contributed by atoms with van der Waals surface area (Å²) >= 11 is 1.55. The zero-order chi connectivity index (χ0) is 15.5. The van der Waals surface area contributed by atoms with Crippen LogP contribution in [0, 0.1) is 0 Å². The zero-order valence-corrected chi connectivity index (χ0v) is 13.3. The summed E-state index contributed by atoms with van der Waals surface area (Å²) in [6.45, 7) is 0.199. The van der Waals surface area contributed by atoms with E-state index in [1.165, 1.54) is 0 Å². The van der Waals surface area contributed by atoms with Crippen molar-refractivity contribution in [3.63, 3.8) is 0 Å². The lowest BCUT2D eigenvalue weighted by Gasteiger charge is -2.13. The minimum Gasteiger partial charge on any atom is -0.455 e. The molecule has 0 aliphatic carbocycles. The number of benzene rings is 2. The largest absolute Gasteiger partial charge is 0.455 e. The van der Waals surface area contributed by atoms with Crippen molar-refractivity contribution >= 4 is 33.2 Å². The molecule has 0 aliphatic heterocycles. The molecule has 0 atom stereocenters. The van der Waals surface area contributed by atoms with Crippen LogP contribution >= 0.6 is 11.3 Å². The molecule has 0 saturated heterocycles. The number of carbonyl (C=O) groups is 1. The lowest BCUT2D eigenvalue weighted by molar-refractivity contribution is 0.0472. The van der Waals surface area contributed by atoms with Gasteiger partial charge in [0.2, 0.25) is 0 Å². The lowest BCUT2D eigenvalue weighted by Crippen LogP contribution is -2.10. The van der Waals surface area contributed by atoms with Crippen molar-refractivity contribution in [2.75, 3.05) is 19.0 Å². The van der Waals surface area contributed by atoms with Crippen LogP contribution in [-0.4, -0.2) is 25.0 Å². The number of fused-ring (bicyclic) bond motifs is 1. The summed E-state index contributed by atoms with van der Waals surface area (Å²) in [5.41, 5.74) is 2.45. The SMILES string of the molecule is CN(C)c1cccc(C(=O)OCc2nc3ccccc3s2)c1. The van der Waals surface area contributed by atoms with Gasteiger partial charge in [-0.3, -0.25) is 0 Å². The smallest absolute Gasteiger partial charge is 0.338 e. The highest BCUT2D eigenvalue weighted by atomic mass is 32.1. The number of para-hydroxylation sites is 1.